The number of nitrogens with zero attached hydrogens (tertiary/aromatic N) is 5. The number of benzene rings is 1. The molecule has 1 aliphatic rings. The average Bonchev–Trinajstić information content (AvgIpc) is 3.14. The molecule has 0 saturated carbocycles. The van der Waals surface area contributed by atoms with E-state index in [2.05, 4.69) is 26.4 Å². The predicted octanol–water partition coefficient (Wildman–Crippen LogP) is 3.66. The van der Waals surface area contributed by atoms with Crippen LogP contribution in [-0.4, -0.2) is 26.9 Å². The fourth-order valence-corrected chi connectivity index (χ4v) is 2.51. The molecule has 0 spiro atoms. The monoisotopic (exact) mass is 300 g/mol. The Kier molecular flexibility index (Phi) is 3.44. The van der Waals surface area contributed by atoms with E-state index in [9.17, 15) is 0 Å². The predicted molar refractivity (Wildman–Crippen MR) is 87.7 cm³/mol. The SMILES string of the molecule is c1ccc(-c2cccc([N+]3=NN=C(c4ccncc4)C3)c2)nc1. The summed E-state index contributed by atoms with van der Waals surface area (Å²) in [5.41, 5.74) is 5.00. The van der Waals surface area contributed by atoms with Gasteiger partial charge in [0.05, 0.1) is 10.8 Å². The number of hydrogen-bond acceptors (Lipinski definition) is 4. The smallest absolute Gasteiger partial charge is 0.231 e. The van der Waals surface area contributed by atoms with Gasteiger partial charge in [0.1, 0.15) is 5.22 Å². The van der Waals surface area contributed by atoms with Crippen molar-refractivity contribution < 1.29 is 4.70 Å². The van der Waals surface area contributed by atoms with Crippen LogP contribution in [0.2, 0.25) is 0 Å². The molecule has 0 bridgehead atoms. The lowest BCUT2D eigenvalue weighted by Crippen LogP contribution is -2.11. The molecule has 0 radical (unpaired) electrons. The van der Waals surface area contributed by atoms with Gasteiger partial charge in [-0.05, 0) is 36.4 Å². The average molecular weight is 300 g/mol. The quantitative estimate of drug-likeness (QED) is 0.693. The summed E-state index contributed by atoms with van der Waals surface area (Å²) in [5.74, 6) is 0. The summed E-state index contributed by atoms with van der Waals surface area (Å²) in [6.07, 6.45) is 5.33. The summed E-state index contributed by atoms with van der Waals surface area (Å²) in [6, 6.07) is 18.0. The van der Waals surface area contributed by atoms with Crippen LogP contribution in [-0.2, 0) is 0 Å². The Labute approximate surface area is 133 Å². The zero-order valence-electron chi connectivity index (χ0n) is 12.4. The topological polar surface area (TPSA) is 53.5 Å². The van der Waals surface area contributed by atoms with Crippen LogP contribution < -0.4 is 0 Å². The van der Waals surface area contributed by atoms with Crippen LogP contribution >= 0.6 is 0 Å². The van der Waals surface area contributed by atoms with E-state index in [1.807, 2.05) is 53.2 Å². The lowest BCUT2D eigenvalue weighted by Gasteiger charge is -2.03. The highest BCUT2D eigenvalue weighted by molar-refractivity contribution is 6.01. The van der Waals surface area contributed by atoms with Gasteiger partial charge in [0.2, 0.25) is 5.71 Å². The van der Waals surface area contributed by atoms with Crippen LogP contribution in [0.15, 0.2) is 83.5 Å². The highest BCUT2D eigenvalue weighted by Gasteiger charge is 2.23. The van der Waals surface area contributed by atoms with Gasteiger partial charge in [0.15, 0.2) is 12.2 Å². The molecule has 5 nitrogen and oxygen atoms in total. The van der Waals surface area contributed by atoms with Gasteiger partial charge in [0, 0.05) is 29.7 Å². The first-order valence-corrected chi connectivity index (χ1v) is 7.37. The Hall–Kier alpha value is -3.21. The molecule has 0 N–H and O–H groups in total. The Morgan fingerprint density at radius 1 is 0.826 bits per heavy atom. The van der Waals surface area contributed by atoms with Crippen molar-refractivity contribution in [3.8, 4) is 11.3 Å². The molecule has 1 aliphatic heterocycles. The molecule has 0 aliphatic carbocycles. The third kappa shape index (κ3) is 2.76. The number of aromatic nitrogens is 2. The Morgan fingerprint density at radius 3 is 2.57 bits per heavy atom. The maximum absolute atomic E-state index is 4.39. The van der Waals surface area contributed by atoms with E-state index in [1.54, 1.807) is 18.6 Å². The van der Waals surface area contributed by atoms with Crippen LogP contribution in [0.3, 0.4) is 0 Å². The lowest BCUT2D eigenvalue weighted by molar-refractivity contribution is -0.492. The summed E-state index contributed by atoms with van der Waals surface area (Å²) in [6.45, 7) is 0.648. The summed E-state index contributed by atoms with van der Waals surface area (Å²) >= 11 is 0. The molecule has 1 aromatic carbocycles. The molecule has 3 heterocycles. The second-order valence-corrected chi connectivity index (χ2v) is 5.19. The lowest BCUT2D eigenvalue weighted by atomic mass is 10.1. The van der Waals surface area contributed by atoms with Gasteiger partial charge >= 0.3 is 0 Å². The minimum atomic E-state index is 0.648. The molecule has 3 aromatic rings. The van der Waals surface area contributed by atoms with Crippen molar-refractivity contribution in [3.63, 3.8) is 0 Å². The summed E-state index contributed by atoms with van der Waals surface area (Å²) in [7, 11) is 0. The molecule has 0 unspecified atom stereocenters. The molecule has 2 aromatic heterocycles. The summed E-state index contributed by atoms with van der Waals surface area (Å²) in [4.78, 5) is 8.43. The zero-order valence-corrected chi connectivity index (χ0v) is 12.4. The number of pyridine rings is 2. The molecule has 4 rings (SSSR count). The molecule has 23 heavy (non-hydrogen) atoms. The van der Waals surface area contributed by atoms with Crippen molar-refractivity contribution in [1.82, 2.24) is 9.97 Å². The minimum Gasteiger partial charge on any atom is -0.265 e. The second kappa shape index (κ2) is 5.88. The van der Waals surface area contributed by atoms with Gasteiger partial charge in [-0.15, -0.1) is 4.70 Å². The molecular weight excluding hydrogens is 286 g/mol. The molecule has 5 heteroatoms. The molecular formula is C18H14N5+. The van der Waals surface area contributed by atoms with E-state index in [1.165, 1.54) is 0 Å². The Morgan fingerprint density at radius 2 is 1.74 bits per heavy atom. The van der Waals surface area contributed by atoms with Crippen LogP contribution in [0.25, 0.3) is 11.3 Å². The second-order valence-electron chi connectivity index (χ2n) is 5.19. The first-order chi connectivity index (χ1) is 11.4. The third-order valence-electron chi connectivity index (χ3n) is 3.69. The standard InChI is InChI=1S/C18H14N5/c1-2-9-20-17(6-1)15-4-3-5-16(12-15)23-13-18(21-22-23)14-7-10-19-11-8-14/h1-12H,13H2/q+1. The first kappa shape index (κ1) is 13.5. The van der Waals surface area contributed by atoms with Crippen molar-refractivity contribution >= 4 is 11.4 Å². The zero-order chi connectivity index (χ0) is 15.5. The van der Waals surface area contributed by atoms with E-state index < -0.39 is 0 Å². The van der Waals surface area contributed by atoms with Gasteiger partial charge in [-0.1, -0.05) is 18.2 Å². The van der Waals surface area contributed by atoms with Gasteiger partial charge < -0.3 is 0 Å². The first-order valence-electron chi connectivity index (χ1n) is 7.37. The summed E-state index contributed by atoms with van der Waals surface area (Å²) < 4.78 is 1.89. The largest absolute Gasteiger partial charge is 0.265 e. The number of hydrogen-bond donors (Lipinski definition) is 0. The Bertz CT molecular complexity index is 886. The number of rotatable bonds is 3. The fraction of sp³-hybridized carbons (Fsp3) is 0.0556. The van der Waals surface area contributed by atoms with Gasteiger partial charge in [0.25, 0.3) is 0 Å². The van der Waals surface area contributed by atoms with Gasteiger partial charge in [-0.2, -0.15) is 0 Å². The van der Waals surface area contributed by atoms with Crippen molar-refractivity contribution in [3.05, 3.63) is 78.8 Å². The van der Waals surface area contributed by atoms with Crippen LogP contribution in [0, 0.1) is 0 Å². The van der Waals surface area contributed by atoms with E-state index in [0.29, 0.717) is 6.54 Å². The Balaban J connectivity index is 1.59. The molecule has 110 valence electrons. The maximum atomic E-state index is 4.39. The van der Waals surface area contributed by atoms with Crippen molar-refractivity contribution in [2.45, 2.75) is 0 Å². The van der Waals surface area contributed by atoms with Crippen LogP contribution in [0.5, 0.6) is 0 Å². The van der Waals surface area contributed by atoms with E-state index in [0.717, 1.165) is 28.2 Å². The highest BCUT2D eigenvalue weighted by atomic mass is 15.5. The minimum absolute atomic E-state index is 0.648. The van der Waals surface area contributed by atoms with Crippen molar-refractivity contribution in [1.29, 1.82) is 0 Å². The molecule has 0 amide bonds. The van der Waals surface area contributed by atoms with E-state index in [4.69, 9.17) is 0 Å². The fourth-order valence-electron chi connectivity index (χ4n) is 2.51. The van der Waals surface area contributed by atoms with Crippen molar-refractivity contribution in [2.75, 3.05) is 6.54 Å². The van der Waals surface area contributed by atoms with Gasteiger partial charge in [-0.3, -0.25) is 9.97 Å². The highest BCUT2D eigenvalue weighted by Crippen LogP contribution is 2.24. The van der Waals surface area contributed by atoms with Gasteiger partial charge in [-0.25, -0.2) is 0 Å². The van der Waals surface area contributed by atoms with Crippen LogP contribution in [0.1, 0.15) is 5.56 Å². The molecule has 0 fully saturated rings. The third-order valence-corrected chi connectivity index (χ3v) is 3.69. The molecule has 0 atom stereocenters. The molecule has 0 saturated heterocycles. The normalized spacial score (nSPS) is 13.6. The van der Waals surface area contributed by atoms with E-state index >= 15 is 0 Å². The van der Waals surface area contributed by atoms with E-state index in [-0.39, 0.29) is 0 Å². The van der Waals surface area contributed by atoms with Crippen LogP contribution in [0.4, 0.5) is 5.69 Å². The van der Waals surface area contributed by atoms with Crippen molar-refractivity contribution in [2.24, 2.45) is 10.3 Å². The maximum Gasteiger partial charge on any atom is 0.231 e. The summed E-state index contributed by atoms with van der Waals surface area (Å²) in [5, 5.41) is 8.57.